The third-order valence-electron chi connectivity index (χ3n) is 4.76. The maximum Gasteiger partial charge on any atom is 0.493 e. The quantitative estimate of drug-likeness (QED) is 0.833. The second-order valence-electron chi connectivity index (χ2n) is 6.48. The van der Waals surface area contributed by atoms with Crippen LogP contribution in [0.4, 0.5) is 18.9 Å². The molecule has 0 aromatic heterocycles. The van der Waals surface area contributed by atoms with E-state index in [4.69, 9.17) is 11.5 Å². The Bertz CT molecular complexity index is 888. The van der Waals surface area contributed by atoms with Gasteiger partial charge < -0.3 is 10.6 Å². The highest BCUT2D eigenvalue weighted by Crippen LogP contribution is 2.39. The van der Waals surface area contributed by atoms with E-state index in [1.807, 2.05) is 37.3 Å². The molecule has 0 bridgehead atoms. The van der Waals surface area contributed by atoms with Crippen molar-refractivity contribution in [2.75, 3.05) is 11.6 Å². The SMILES string of the molecule is CCN1C(N)c2ccc(-c3ccccc3C)cc2N(OC(=O)C(F)(F)F)C1N. The molecule has 0 spiro atoms. The smallest absolute Gasteiger partial charge is 0.329 e. The number of anilines is 1. The Hall–Kier alpha value is -2.62. The van der Waals surface area contributed by atoms with Gasteiger partial charge in [-0.25, -0.2) is 9.69 Å². The molecule has 2 aromatic carbocycles. The molecular formula is C19H21F3N4O2. The molecule has 4 N–H and O–H groups in total. The van der Waals surface area contributed by atoms with Gasteiger partial charge in [-0.1, -0.05) is 43.3 Å². The Morgan fingerprint density at radius 1 is 1.18 bits per heavy atom. The third-order valence-corrected chi connectivity index (χ3v) is 4.76. The largest absolute Gasteiger partial charge is 0.493 e. The number of hydrogen-bond acceptors (Lipinski definition) is 6. The van der Waals surface area contributed by atoms with Crippen LogP contribution in [0, 0.1) is 6.92 Å². The Morgan fingerprint density at radius 2 is 1.86 bits per heavy atom. The number of alkyl halides is 3. The second-order valence-corrected chi connectivity index (χ2v) is 6.48. The van der Waals surface area contributed by atoms with Crippen molar-refractivity contribution in [2.45, 2.75) is 32.5 Å². The molecule has 2 atom stereocenters. The highest BCUT2D eigenvalue weighted by atomic mass is 19.4. The zero-order chi connectivity index (χ0) is 20.6. The van der Waals surface area contributed by atoms with E-state index in [-0.39, 0.29) is 5.69 Å². The molecular weight excluding hydrogens is 373 g/mol. The molecule has 3 rings (SSSR count). The molecule has 2 unspecified atom stereocenters. The number of halogens is 3. The molecule has 0 saturated carbocycles. The van der Waals surface area contributed by atoms with Crippen molar-refractivity contribution in [3.05, 3.63) is 53.6 Å². The molecule has 0 fully saturated rings. The zero-order valence-corrected chi connectivity index (χ0v) is 15.4. The summed E-state index contributed by atoms with van der Waals surface area (Å²) in [5, 5.41) is 0.778. The minimum Gasteiger partial charge on any atom is -0.329 e. The van der Waals surface area contributed by atoms with E-state index >= 15 is 0 Å². The van der Waals surface area contributed by atoms with Gasteiger partial charge in [0.1, 0.15) is 0 Å². The van der Waals surface area contributed by atoms with E-state index < -0.39 is 24.6 Å². The predicted molar refractivity (Wildman–Crippen MR) is 98.5 cm³/mol. The van der Waals surface area contributed by atoms with E-state index in [0.29, 0.717) is 12.1 Å². The third kappa shape index (κ3) is 3.56. The molecule has 1 aliphatic rings. The van der Waals surface area contributed by atoms with Crippen LogP contribution < -0.4 is 16.5 Å². The van der Waals surface area contributed by atoms with E-state index in [9.17, 15) is 18.0 Å². The number of carbonyl (C=O) groups excluding carboxylic acids is 1. The fraction of sp³-hybridized carbons (Fsp3) is 0.316. The van der Waals surface area contributed by atoms with Gasteiger partial charge >= 0.3 is 12.1 Å². The molecule has 0 amide bonds. The van der Waals surface area contributed by atoms with Crippen LogP contribution in [0.25, 0.3) is 11.1 Å². The van der Waals surface area contributed by atoms with Gasteiger partial charge in [-0.2, -0.15) is 18.2 Å². The summed E-state index contributed by atoms with van der Waals surface area (Å²) in [6, 6.07) is 12.7. The normalized spacial score (nSPS) is 20.0. The molecule has 1 heterocycles. The van der Waals surface area contributed by atoms with Gasteiger partial charge in [-0.15, -0.1) is 0 Å². The van der Waals surface area contributed by atoms with Gasteiger partial charge in [0.2, 0.25) is 0 Å². The van der Waals surface area contributed by atoms with Crippen molar-refractivity contribution in [1.29, 1.82) is 0 Å². The minimum atomic E-state index is -5.15. The van der Waals surface area contributed by atoms with Gasteiger partial charge in [0, 0.05) is 12.1 Å². The summed E-state index contributed by atoms with van der Waals surface area (Å²) in [6.07, 6.45) is -6.96. The monoisotopic (exact) mass is 394 g/mol. The van der Waals surface area contributed by atoms with Gasteiger partial charge in [0.05, 0.1) is 11.9 Å². The number of nitrogens with two attached hydrogens (primary N) is 2. The maximum absolute atomic E-state index is 12.8. The van der Waals surface area contributed by atoms with Crippen molar-refractivity contribution in [2.24, 2.45) is 11.5 Å². The molecule has 9 heteroatoms. The molecule has 150 valence electrons. The van der Waals surface area contributed by atoms with Crippen LogP contribution in [0.15, 0.2) is 42.5 Å². The number of carbonyl (C=O) groups is 1. The molecule has 0 aliphatic carbocycles. The highest BCUT2D eigenvalue weighted by molar-refractivity contribution is 5.78. The van der Waals surface area contributed by atoms with E-state index in [2.05, 4.69) is 4.84 Å². The first kappa shape index (κ1) is 20.1. The number of benzene rings is 2. The van der Waals surface area contributed by atoms with E-state index in [0.717, 1.165) is 21.8 Å². The lowest BCUT2D eigenvalue weighted by Gasteiger charge is -2.45. The number of aryl methyl sites for hydroxylation is 1. The highest BCUT2D eigenvalue weighted by Gasteiger charge is 2.45. The Balaban J connectivity index is 2.11. The second kappa shape index (κ2) is 7.42. The van der Waals surface area contributed by atoms with Gasteiger partial charge in [-0.3, -0.25) is 5.73 Å². The summed E-state index contributed by atoms with van der Waals surface area (Å²) in [5.74, 6) is -2.35. The predicted octanol–water partition coefficient (Wildman–Crippen LogP) is 3.02. The summed E-state index contributed by atoms with van der Waals surface area (Å²) >= 11 is 0. The zero-order valence-electron chi connectivity index (χ0n) is 15.4. The molecule has 28 heavy (non-hydrogen) atoms. The van der Waals surface area contributed by atoms with Crippen LogP contribution in [0.1, 0.15) is 24.2 Å². The number of fused-ring (bicyclic) bond motifs is 1. The fourth-order valence-electron chi connectivity index (χ4n) is 3.30. The lowest BCUT2D eigenvalue weighted by atomic mass is 9.96. The lowest BCUT2D eigenvalue weighted by Crippen LogP contribution is -2.61. The van der Waals surface area contributed by atoms with Crippen LogP contribution in [0.2, 0.25) is 0 Å². The average Bonchev–Trinajstić information content (AvgIpc) is 2.64. The van der Waals surface area contributed by atoms with Crippen LogP contribution in [-0.2, 0) is 9.63 Å². The minimum absolute atomic E-state index is 0.225. The Kier molecular flexibility index (Phi) is 5.33. The Morgan fingerprint density at radius 3 is 2.46 bits per heavy atom. The summed E-state index contributed by atoms with van der Waals surface area (Å²) in [4.78, 5) is 17.6. The lowest BCUT2D eigenvalue weighted by molar-refractivity contribution is -0.204. The van der Waals surface area contributed by atoms with Gasteiger partial charge in [0.15, 0.2) is 6.29 Å². The summed E-state index contributed by atoms with van der Waals surface area (Å²) in [6.45, 7) is 4.03. The standard InChI is InChI=1S/C19H21F3N4O2/c1-3-25-16(23)14-9-8-12(13-7-5-4-6-11(13)2)10-15(14)26(18(25)24)28-17(27)19(20,21)22/h4-10,16,18H,3,23-24H2,1-2H3. The van der Waals surface area contributed by atoms with Crippen molar-refractivity contribution in [3.8, 4) is 11.1 Å². The fourth-order valence-corrected chi connectivity index (χ4v) is 3.30. The van der Waals surface area contributed by atoms with Crippen molar-refractivity contribution in [3.63, 3.8) is 0 Å². The molecule has 6 nitrogen and oxygen atoms in total. The number of rotatable bonds is 3. The number of hydrogen-bond donors (Lipinski definition) is 2. The summed E-state index contributed by atoms with van der Waals surface area (Å²) < 4.78 is 38.3. The van der Waals surface area contributed by atoms with Crippen molar-refractivity contribution >= 4 is 11.7 Å². The van der Waals surface area contributed by atoms with E-state index in [1.165, 1.54) is 4.90 Å². The van der Waals surface area contributed by atoms with Crippen molar-refractivity contribution in [1.82, 2.24) is 4.90 Å². The number of hydroxylamine groups is 1. The first-order valence-electron chi connectivity index (χ1n) is 8.70. The number of nitrogens with zero attached hydrogens (tertiary/aromatic N) is 2. The van der Waals surface area contributed by atoms with Crippen LogP contribution in [0.5, 0.6) is 0 Å². The van der Waals surface area contributed by atoms with Gasteiger partial charge in [-0.05, 0) is 29.7 Å². The van der Waals surface area contributed by atoms with Gasteiger partial charge in [0.25, 0.3) is 0 Å². The topological polar surface area (TPSA) is 84.8 Å². The van der Waals surface area contributed by atoms with Crippen LogP contribution >= 0.6 is 0 Å². The summed E-state index contributed by atoms with van der Waals surface area (Å²) in [5.41, 5.74) is 15.7. The van der Waals surface area contributed by atoms with Crippen molar-refractivity contribution < 1.29 is 22.8 Å². The molecule has 0 saturated heterocycles. The molecule has 0 radical (unpaired) electrons. The summed E-state index contributed by atoms with van der Waals surface area (Å²) in [7, 11) is 0. The first-order valence-corrected chi connectivity index (χ1v) is 8.70. The maximum atomic E-state index is 12.8. The van der Waals surface area contributed by atoms with Crippen LogP contribution in [-0.4, -0.2) is 29.9 Å². The molecule has 2 aromatic rings. The first-order chi connectivity index (χ1) is 13.1. The molecule has 1 aliphatic heterocycles. The Labute approximate surface area is 160 Å². The average molecular weight is 394 g/mol. The van der Waals surface area contributed by atoms with Crippen LogP contribution in [0.3, 0.4) is 0 Å². The van der Waals surface area contributed by atoms with E-state index in [1.54, 1.807) is 19.1 Å².